The van der Waals surface area contributed by atoms with Crippen molar-refractivity contribution >= 4 is 11.9 Å². The van der Waals surface area contributed by atoms with Crippen LogP contribution in [0.4, 0.5) is 39.5 Å². The minimum Gasteiger partial charge on any atom is -0.379 e. The van der Waals surface area contributed by atoms with E-state index < -0.39 is 77.3 Å². The van der Waals surface area contributed by atoms with E-state index in [0.717, 1.165) is 22.2 Å². The number of amides is 1. The van der Waals surface area contributed by atoms with Gasteiger partial charge in [0.05, 0.1) is 29.9 Å². The average Bonchev–Trinajstić information content (AvgIpc) is 3.04. The molecule has 0 saturated carbocycles. The lowest BCUT2D eigenvalue weighted by atomic mass is 9.83. The number of piperidine rings is 1. The summed E-state index contributed by atoms with van der Waals surface area (Å²) in [5.74, 6) is 4.64. The Balaban J connectivity index is 1.75. The van der Waals surface area contributed by atoms with E-state index in [4.69, 9.17) is 22.0 Å². The zero-order chi connectivity index (χ0) is 37.9. The number of alkyl halides is 9. The SMILES string of the molecule is CCC(c1ccc(C(F)(F)F)cc1CN(Cc1cc(C(F)(F)F)cc(C(F)(F)F)c1)/C(N)=N/N(C)N)N1CCC(C(N)=O)(N2CCOCC2)CC1. The van der Waals surface area contributed by atoms with Crippen molar-refractivity contribution in [1.82, 2.24) is 19.8 Å². The van der Waals surface area contributed by atoms with Gasteiger partial charge in [0.2, 0.25) is 11.9 Å². The van der Waals surface area contributed by atoms with Gasteiger partial charge in [-0.1, -0.05) is 13.0 Å². The van der Waals surface area contributed by atoms with Gasteiger partial charge in [0.1, 0.15) is 5.54 Å². The molecule has 51 heavy (non-hydrogen) atoms. The van der Waals surface area contributed by atoms with Gasteiger partial charge in [0, 0.05) is 52.4 Å². The lowest BCUT2D eigenvalue weighted by Crippen LogP contribution is -2.64. The maximum atomic E-state index is 14.0. The van der Waals surface area contributed by atoms with Gasteiger partial charge in [-0.15, -0.1) is 5.10 Å². The maximum Gasteiger partial charge on any atom is 0.416 e. The van der Waals surface area contributed by atoms with Crippen molar-refractivity contribution in [1.29, 1.82) is 0 Å². The van der Waals surface area contributed by atoms with Gasteiger partial charge in [0.25, 0.3) is 0 Å². The molecule has 10 nitrogen and oxygen atoms in total. The molecular weight excluding hydrogens is 699 g/mol. The summed E-state index contributed by atoms with van der Waals surface area (Å²) in [5, 5.41) is 4.58. The minimum absolute atomic E-state index is 0.0275. The maximum absolute atomic E-state index is 14.0. The lowest BCUT2D eigenvalue weighted by molar-refractivity contribution is -0.143. The lowest BCUT2D eigenvalue weighted by Gasteiger charge is -2.49. The molecule has 1 amide bonds. The Morgan fingerprint density at radius 3 is 1.88 bits per heavy atom. The van der Waals surface area contributed by atoms with Gasteiger partial charge in [-0.3, -0.25) is 14.6 Å². The van der Waals surface area contributed by atoms with Crippen LogP contribution in [0.3, 0.4) is 0 Å². The smallest absolute Gasteiger partial charge is 0.379 e. The molecule has 0 radical (unpaired) electrons. The summed E-state index contributed by atoms with van der Waals surface area (Å²) in [5.41, 5.74) is 6.95. The standard InChI is InChI=1S/C32H41F9N8O2/c1-3-26(47-8-6-29(7-9-47,27(42)50)49-10-12-51-13-11-49)25-5-4-22(30(33,34)35)16-21(25)19-48(28(43)45-46(2)44)18-20-14-23(31(36,37)38)17-24(15-20)32(39,40)41/h4-5,14-17,26H,3,6-13,18-19,44H2,1-2H3,(H2,42,50)(H2,43,45). The van der Waals surface area contributed by atoms with Gasteiger partial charge in [-0.05, 0) is 66.3 Å². The van der Waals surface area contributed by atoms with Crippen LogP contribution in [0.1, 0.15) is 65.6 Å². The predicted molar refractivity (Wildman–Crippen MR) is 169 cm³/mol. The van der Waals surface area contributed by atoms with Crippen LogP contribution in [0, 0.1) is 0 Å². The Kier molecular flexibility index (Phi) is 12.1. The van der Waals surface area contributed by atoms with Crippen LogP contribution in [0.25, 0.3) is 0 Å². The molecule has 0 bridgehead atoms. The number of hydrogen-bond donors (Lipinski definition) is 3. The number of hydrogen-bond acceptors (Lipinski definition) is 7. The van der Waals surface area contributed by atoms with Gasteiger partial charge < -0.3 is 21.1 Å². The number of nitrogens with two attached hydrogens (primary N) is 3. The van der Waals surface area contributed by atoms with Crippen LogP contribution < -0.4 is 17.3 Å². The molecule has 0 spiro atoms. The summed E-state index contributed by atoms with van der Waals surface area (Å²) < 4.78 is 130. The molecule has 2 fully saturated rings. The number of carbonyl (C=O) groups is 1. The minimum atomic E-state index is -5.14. The number of morpholine rings is 1. The van der Waals surface area contributed by atoms with Gasteiger partial charge in [-0.2, -0.15) is 39.5 Å². The monoisotopic (exact) mass is 740 g/mol. The number of primary amides is 1. The molecule has 1 atom stereocenters. The van der Waals surface area contributed by atoms with E-state index in [1.807, 2.05) is 16.7 Å². The van der Waals surface area contributed by atoms with E-state index in [0.29, 0.717) is 76.4 Å². The Morgan fingerprint density at radius 2 is 1.41 bits per heavy atom. The van der Waals surface area contributed by atoms with Crippen LogP contribution in [-0.2, 0) is 41.1 Å². The highest BCUT2D eigenvalue weighted by Gasteiger charge is 2.46. The van der Waals surface area contributed by atoms with Crippen LogP contribution in [0.15, 0.2) is 41.5 Å². The largest absolute Gasteiger partial charge is 0.416 e. The summed E-state index contributed by atoms with van der Waals surface area (Å²) in [6.45, 7) is 3.23. The summed E-state index contributed by atoms with van der Waals surface area (Å²) in [4.78, 5) is 17.9. The first-order chi connectivity index (χ1) is 23.7. The number of benzene rings is 2. The second kappa shape index (κ2) is 15.4. The second-order valence-electron chi connectivity index (χ2n) is 12.7. The molecule has 2 aliphatic heterocycles. The van der Waals surface area contributed by atoms with Crippen LogP contribution >= 0.6 is 0 Å². The molecular formula is C32H41F9N8O2. The quantitative estimate of drug-likeness (QED) is 0.103. The molecule has 2 aromatic rings. The Bertz CT molecular complexity index is 1520. The number of ether oxygens (including phenoxy) is 1. The normalized spacial score (nSPS) is 18.8. The van der Waals surface area contributed by atoms with E-state index in [-0.39, 0.29) is 11.6 Å². The first kappa shape index (κ1) is 40.0. The number of carbonyl (C=O) groups excluding carboxylic acids is 1. The third kappa shape index (κ3) is 9.55. The van der Waals surface area contributed by atoms with E-state index >= 15 is 0 Å². The molecule has 2 saturated heterocycles. The summed E-state index contributed by atoms with van der Waals surface area (Å²) >= 11 is 0. The number of halogens is 9. The van der Waals surface area contributed by atoms with Crippen LogP contribution in [0.5, 0.6) is 0 Å². The molecule has 284 valence electrons. The highest BCUT2D eigenvalue weighted by molar-refractivity contribution is 5.85. The number of hydrazone groups is 1. The van der Waals surface area contributed by atoms with Gasteiger partial charge >= 0.3 is 18.5 Å². The van der Waals surface area contributed by atoms with Crippen molar-refractivity contribution in [3.05, 3.63) is 69.8 Å². The van der Waals surface area contributed by atoms with Gasteiger partial charge in [0.15, 0.2) is 0 Å². The van der Waals surface area contributed by atoms with E-state index in [2.05, 4.69) is 5.10 Å². The number of guanidine groups is 1. The number of nitrogens with zero attached hydrogens (tertiary/aromatic N) is 5. The third-order valence-corrected chi connectivity index (χ3v) is 9.32. The number of hydrazine groups is 1. The second-order valence-corrected chi connectivity index (χ2v) is 12.7. The van der Waals surface area contributed by atoms with Gasteiger partial charge in [-0.25, -0.2) is 11.0 Å². The highest BCUT2D eigenvalue weighted by Crippen LogP contribution is 2.40. The van der Waals surface area contributed by atoms with Crippen molar-refractivity contribution in [2.75, 3.05) is 46.4 Å². The first-order valence-corrected chi connectivity index (χ1v) is 16.1. The predicted octanol–water partition coefficient (Wildman–Crippen LogP) is 4.88. The molecule has 1 unspecified atom stereocenters. The summed E-state index contributed by atoms with van der Waals surface area (Å²) in [6, 6.07) is 3.58. The van der Waals surface area contributed by atoms with Crippen molar-refractivity contribution in [2.45, 2.75) is 69.4 Å². The highest BCUT2D eigenvalue weighted by atomic mass is 19.4. The third-order valence-electron chi connectivity index (χ3n) is 9.32. The Morgan fingerprint density at radius 1 is 0.863 bits per heavy atom. The van der Waals surface area contributed by atoms with Crippen molar-refractivity contribution < 1.29 is 49.0 Å². The van der Waals surface area contributed by atoms with E-state index in [1.165, 1.54) is 13.1 Å². The molecule has 0 aliphatic carbocycles. The molecule has 2 aliphatic rings. The Hall–Kier alpha value is -3.81. The molecule has 2 heterocycles. The summed E-state index contributed by atoms with van der Waals surface area (Å²) in [7, 11) is 1.25. The molecule has 0 aromatic heterocycles. The Labute approximate surface area is 288 Å². The first-order valence-electron chi connectivity index (χ1n) is 16.1. The topological polar surface area (TPSA) is 130 Å². The fraction of sp³-hybridized carbons (Fsp3) is 0.562. The van der Waals surface area contributed by atoms with E-state index in [9.17, 15) is 44.3 Å². The number of likely N-dealkylation sites (tertiary alicyclic amines) is 1. The zero-order valence-corrected chi connectivity index (χ0v) is 28.0. The van der Waals surface area contributed by atoms with Crippen LogP contribution in [-0.4, -0.2) is 83.7 Å². The number of rotatable bonds is 10. The molecule has 6 N–H and O–H groups in total. The van der Waals surface area contributed by atoms with Crippen LogP contribution in [0.2, 0.25) is 0 Å². The zero-order valence-electron chi connectivity index (χ0n) is 28.0. The van der Waals surface area contributed by atoms with Crippen molar-refractivity contribution in [3.8, 4) is 0 Å². The van der Waals surface area contributed by atoms with Crippen molar-refractivity contribution in [3.63, 3.8) is 0 Å². The molecule has 2 aromatic carbocycles. The van der Waals surface area contributed by atoms with E-state index in [1.54, 1.807) is 0 Å². The molecule has 19 heteroatoms. The van der Waals surface area contributed by atoms with Crippen molar-refractivity contribution in [2.24, 2.45) is 22.4 Å². The fourth-order valence-corrected chi connectivity index (χ4v) is 6.81. The average molecular weight is 741 g/mol. The fourth-order valence-electron chi connectivity index (χ4n) is 6.81. The molecule has 4 rings (SSSR count). The summed E-state index contributed by atoms with van der Waals surface area (Å²) in [6.07, 6.45) is -14.0.